The van der Waals surface area contributed by atoms with Crippen molar-refractivity contribution in [3.63, 3.8) is 0 Å². The predicted molar refractivity (Wildman–Crippen MR) is 63.9 cm³/mol. The molecule has 0 bridgehead atoms. The van der Waals surface area contributed by atoms with Crippen molar-refractivity contribution >= 4 is 28.3 Å². The lowest BCUT2D eigenvalue weighted by molar-refractivity contribution is -0.126. The van der Waals surface area contributed by atoms with E-state index in [9.17, 15) is 13.2 Å². The lowest BCUT2D eigenvalue weighted by Crippen LogP contribution is -2.30. The zero-order valence-electron chi connectivity index (χ0n) is 8.51. The Kier molecular flexibility index (Phi) is 6.36. The Bertz CT molecular complexity index is 330. The minimum atomic E-state index is -4.17. The Balaban J connectivity index is 0.00000225. The number of rotatable bonds is 3. The van der Waals surface area contributed by atoms with Crippen molar-refractivity contribution in [3.05, 3.63) is 34.3 Å². The zero-order valence-corrected chi connectivity index (χ0v) is 10.9. The van der Waals surface area contributed by atoms with E-state index in [1.54, 1.807) is 25.1 Å². The first-order valence-electron chi connectivity index (χ1n) is 4.45. The van der Waals surface area contributed by atoms with Crippen molar-refractivity contribution in [1.29, 1.82) is 0 Å². The molecular formula is C10H12BrClF3N. The van der Waals surface area contributed by atoms with Crippen LogP contribution in [-0.2, 0) is 0 Å². The summed E-state index contributed by atoms with van der Waals surface area (Å²) < 4.78 is 36.7. The van der Waals surface area contributed by atoms with E-state index < -0.39 is 12.7 Å². The van der Waals surface area contributed by atoms with Crippen LogP contribution in [0.5, 0.6) is 0 Å². The molecule has 1 N–H and O–H groups in total. The molecule has 1 nitrogen and oxygen atoms in total. The van der Waals surface area contributed by atoms with Gasteiger partial charge in [0.05, 0.1) is 6.54 Å². The van der Waals surface area contributed by atoms with E-state index in [0.717, 1.165) is 10.0 Å². The van der Waals surface area contributed by atoms with Crippen molar-refractivity contribution in [2.24, 2.45) is 0 Å². The maximum Gasteiger partial charge on any atom is 0.401 e. The maximum absolute atomic E-state index is 12.0. The molecule has 0 saturated heterocycles. The molecule has 1 aromatic rings. The van der Waals surface area contributed by atoms with Crippen LogP contribution in [0.1, 0.15) is 18.5 Å². The van der Waals surface area contributed by atoms with Crippen LogP contribution in [0.25, 0.3) is 0 Å². The Morgan fingerprint density at radius 3 is 2.38 bits per heavy atom. The van der Waals surface area contributed by atoms with Crippen molar-refractivity contribution in [2.45, 2.75) is 19.1 Å². The molecule has 0 amide bonds. The summed E-state index contributed by atoms with van der Waals surface area (Å²) in [6.45, 7) is 0.724. The highest BCUT2D eigenvalue weighted by Gasteiger charge is 2.27. The van der Waals surface area contributed by atoms with E-state index in [1.165, 1.54) is 0 Å². The molecule has 1 atom stereocenters. The van der Waals surface area contributed by atoms with Gasteiger partial charge in [-0.2, -0.15) is 13.2 Å². The van der Waals surface area contributed by atoms with Crippen LogP contribution in [0.3, 0.4) is 0 Å². The van der Waals surface area contributed by atoms with Gasteiger partial charge in [0, 0.05) is 10.5 Å². The largest absolute Gasteiger partial charge is 0.401 e. The second-order valence-electron chi connectivity index (χ2n) is 3.24. The molecule has 0 unspecified atom stereocenters. The van der Waals surface area contributed by atoms with Gasteiger partial charge in [-0.1, -0.05) is 34.1 Å². The van der Waals surface area contributed by atoms with E-state index in [1.807, 2.05) is 6.07 Å². The molecule has 1 aromatic carbocycles. The molecule has 1 rings (SSSR count). The van der Waals surface area contributed by atoms with E-state index in [4.69, 9.17) is 0 Å². The summed E-state index contributed by atoms with van der Waals surface area (Å²) in [5.41, 5.74) is 0.821. The molecule has 0 spiro atoms. The highest BCUT2D eigenvalue weighted by atomic mass is 79.9. The number of hydrogen-bond acceptors (Lipinski definition) is 1. The summed E-state index contributed by atoms with van der Waals surface area (Å²) in [6, 6.07) is 6.89. The third-order valence-electron chi connectivity index (χ3n) is 1.98. The average molecular weight is 319 g/mol. The van der Waals surface area contributed by atoms with Crippen LogP contribution in [0, 0.1) is 0 Å². The number of hydrogen-bond donors (Lipinski definition) is 1. The molecule has 92 valence electrons. The van der Waals surface area contributed by atoms with Crippen LogP contribution < -0.4 is 5.32 Å². The van der Waals surface area contributed by atoms with Gasteiger partial charge in [0.2, 0.25) is 0 Å². The van der Waals surface area contributed by atoms with E-state index >= 15 is 0 Å². The Hall–Kier alpha value is -0.260. The summed E-state index contributed by atoms with van der Waals surface area (Å²) in [4.78, 5) is 0. The summed E-state index contributed by atoms with van der Waals surface area (Å²) in [5.74, 6) is 0. The Morgan fingerprint density at radius 2 is 1.88 bits per heavy atom. The van der Waals surface area contributed by atoms with Gasteiger partial charge in [-0.25, -0.2) is 0 Å². The summed E-state index contributed by atoms with van der Waals surface area (Å²) in [6.07, 6.45) is -4.17. The first-order valence-corrected chi connectivity index (χ1v) is 5.24. The molecule has 0 saturated carbocycles. The van der Waals surface area contributed by atoms with E-state index in [-0.39, 0.29) is 18.4 Å². The molecule has 0 fully saturated rings. The van der Waals surface area contributed by atoms with Crippen molar-refractivity contribution in [1.82, 2.24) is 5.32 Å². The van der Waals surface area contributed by atoms with Gasteiger partial charge in [-0.3, -0.25) is 0 Å². The van der Waals surface area contributed by atoms with Gasteiger partial charge in [0.25, 0.3) is 0 Å². The third kappa shape index (κ3) is 5.18. The molecule has 0 aromatic heterocycles. The van der Waals surface area contributed by atoms with Gasteiger partial charge in [-0.15, -0.1) is 12.4 Å². The van der Waals surface area contributed by atoms with Crippen LogP contribution >= 0.6 is 28.3 Å². The second kappa shape index (κ2) is 6.47. The van der Waals surface area contributed by atoms with Crippen molar-refractivity contribution in [2.75, 3.05) is 6.54 Å². The molecule has 0 aliphatic heterocycles. The SMILES string of the molecule is C[C@H](NCC(F)(F)F)c1ccccc1Br.Cl. The van der Waals surface area contributed by atoms with Crippen LogP contribution in [-0.4, -0.2) is 12.7 Å². The quantitative estimate of drug-likeness (QED) is 0.885. The molecule has 16 heavy (non-hydrogen) atoms. The van der Waals surface area contributed by atoms with Gasteiger partial charge >= 0.3 is 6.18 Å². The Morgan fingerprint density at radius 1 is 1.31 bits per heavy atom. The molecule has 0 heterocycles. The van der Waals surface area contributed by atoms with Gasteiger partial charge < -0.3 is 5.32 Å². The lowest BCUT2D eigenvalue weighted by atomic mass is 10.1. The molecule has 6 heteroatoms. The fourth-order valence-corrected chi connectivity index (χ4v) is 1.83. The lowest BCUT2D eigenvalue weighted by Gasteiger charge is -2.16. The smallest absolute Gasteiger partial charge is 0.302 e. The Labute approximate surface area is 107 Å². The topological polar surface area (TPSA) is 12.0 Å². The first kappa shape index (κ1) is 15.7. The first-order chi connectivity index (χ1) is 6.90. The minimum absolute atomic E-state index is 0. The monoisotopic (exact) mass is 317 g/mol. The maximum atomic E-state index is 12.0. The minimum Gasteiger partial charge on any atom is -0.302 e. The van der Waals surface area contributed by atoms with E-state index in [0.29, 0.717) is 0 Å². The van der Waals surface area contributed by atoms with E-state index in [2.05, 4.69) is 21.2 Å². The summed E-state index contributed by atoms with van der Waals surface area (Å²) in [7, 11) is 0. The van der Waals surface area contributed by atoms with Crippen molar-refractivity contribution < 1.29 is 13.2 Å². The molecule has 0 aliphatic carbocycles. The highest BCUT2D eigenvalue weighted by molar-refractivity contribution is 9.10. The fourth-order valence-electron chi connectivity index (χ4n) is 1.21. The number of alkyl halides is 3. The average Bonchev–Trinajstić information content (AvgIpc) is 2.14. The summed E-state index contributed by atoms with van der Waals surface area (Å²) >= 11 is 3.30. The summed E-state index contributed by atoms with van der Waals surface area (Å²) in [5, 5.41) is 2.42. The zero-order chi connectivity index (χ0) is 11.5. The number of halogens is 5. The predicted octanol–water partition coefficient (Wildman–Crippen LogP) is 4.08. The molecule has 0 aliphatic rings. The normalized spacial score (nSPS) is 13.1. The molecular weight excluding hydrogens is 306 g/mol. The number of benzene rings is 1. The third-order valence-corrected chi connectivity index (χ3v) is 2.70. The van der Waals surface area contributed by atoms with Crippen LogP contribution in [0.4, 0.5) is 13.2 Å². The van der Waals surface area contributed by atoms with Crippen LogP contribution in [0.15, 0.2) is 28.7 Å². The van der Waals surface area contributed by atoms with Crippen LogP contribution in [0.2, 0.25) is 0 Å². The number of nitrogens with one attached hydrogen (secondary N) is 1. The standard InChI is InChI=1S/C10H11BrF3N.ClH/c1-7(15-6-10(12,13)14)8-4-2-3-5-9(8)11;/h2-5,7,15H,6H2,1H3;1H/t7-;/m0./s1. The van der Waals surface area contributed by atoms with Crippen molar-refractivity contribution in [3.8, 4) is 0 Å². The molecule has 0 radical (unpaired) electrons. The highest BCUT2D eigenvalue weighted by Crippen LogP contribution is 2.23. The fraction of sp³-hybridized carbons (Fsp3) is 0.400. The van der Waals surface area contributed by atoms with Gasteiger partial charge in [0.1, 0.15) is 0 Å². The van der Waals surface area contributed by atoms with Gasteiger partial charge in [-0.05, 0) is 18.6 Å². The van der Waals surface area contributed by atoms with Gasteiger partial charge in [0.15, 0.2) is 0 Å². The second-order valence-corrected chi connectivity index (χ2v) is 4.09.